The molecule has 1 heterocycles. The highest BCUT2D eigenvalue weighted by atomic mass is 16.6. The quantitative estimate of drug-likeness (QED) is 0.579. The molecule has 0 fully saturated rings. The molecule has 3 aromatic rings. The van der Waals surface area contributed by atoms with E-state index in [-0.39, 0.29) is 12.2 Å². The number of hydrogen-bond acceptors (Lipinski definition) is 3. The molecule has 2 aromatic carbocycles. The van der Waals surface area contributed by atoms with Crippen molar-refractivity contribution in [1.82, 2.24) is 4.57 Å². The fourth-order valence-electron chi connectivity index (χ4n) is 2.74. The number of carboxylic acid groups (broad SMARTS) is 1. The highest BCUT2D eigenvalue weighted by Crippen LogP contribution is 2.25. The fourth-order valence-corrected chi connectivity index (χ4v) is 2.74. The average Bonchev–Trinajstić information content (AvgIpc) is 2.85. The Bertz CT molecular complexity index is 898. The molecule has 1 aromatic heterocycles. The van der Waals surface area contributed by atoms with Crippen molar-refractivity contribution < 1.29 is 14.8 Å². The van der Waals surface area contributed by atoms with Crippen LogP contribution in [0.2, 0.25) is 0 Å². The van der Waals surface area contributed by atoms with Crippen LogP contribution in [0.5, 0.6) is 0 Å². The van der Waals surface area contributed by atoms with Gasteiger partial charge in [0.15, 0.2) is 0 Å². The second-order valence-corrected chi connectivity index (χ2v) is 5.30. The summed E-state index contributed by atoms with van der Waals surface area (Å²) in [6.07, 6.45) is 2.31. The summed E-state index contributed by atoms with van der Waals surface area (Å²) < 4.78 is 1.68. The number of non-ortho nitro benzene ring substituents is 1. The summed E-state index contributed by atoms with van der Waals surface area (Å²) in [6.45, 7) is -0.116. The number of para-hydroxylation sites is 1. The van der Waals surface area contributed by atoms with Gasteiger partial charge in [-0.1, -0.05) is 30.3 Å². The van der Waals surface area contributed by atoms with Gasteiger partial charge in [-0.2, -0.15) is 0 Å². The summed E-state index contributed by atoms with van der Waals surface area (Å²) in [6, 6.07) is 14.0. The lowest BCUT2D eigenvalue weighted by atomic mass is 10.0. The molecule has 0 aliphatic heterocycles. The Morgan fingerprint density at radius 3 is 2.70 bits per heavy atom. The molecule has 0 radical (unpaired) electrons. The molecule has 0 atom stereocenters. The van der Waals surface area contributed by atoms with Crippen molar-refractivity contribution >= 4 is 22.6 Å². The average molecular weight is 310 g/mol. The van der Waals surface area contributed by atoms with E-state index in [1.165, 1.54) is 6.07 Å². The Kier molecular flexibility index (Phi) is 3.80. The summed E-state index contributed by atoms with van der Waals surface area (Å²) in [7, 11) is 0. The third-order valence-corrected chi connectivity index (χ3v) is 3.69. The van der Waals surface area contributed by atoms with Crippen LogP contribution >= 0.6 is 0 Å². The van der Waals surface area contributed by atoms with Crippen LogP contribution in [-0.2, 0) is 17.8 Å². The zero-order chi connectivity index (χ0) is 16.4. The van der Waals surface area contributed by atoms with E-state index < -0.39 is 10.9 Å². The van der Waals surface area contributed by atoms with Gasteiger partial charge in [0.1, 0.15) is 6.54 Å². The maximum absolute atomic E-state index is 11.0. The molecule has 0 aliphatic carbocycles. The lowest BCUT2D eigenvalue weighted by Crippen LogP contribution is -2.07. The molecule has 0 saturated carbocycles. The second-order valence-electron chi connectivity index (χ2n) is 5.30. The molecule has 0 spiro atoms. The molecule has 0 saturated heterocycles. The normalized spacial score (nSPS) is 10.8. The number of aromatic nitrogens is 1. The van der Waals surface area contributed by atoms with E-state index in [0.29, 0.717) is 6.42 Å². The van der Waals surface area contributed by atoms with Crippen molar-refractivity contribution in [3.63, 3.8) is 0 Å². The van der Waals surface area contributed by atoms with Crippen molar-refractivity contribution in [3.8, 4) is 0 Å². The van der Waals surface area contributed by atoms with E-state index in [9.17, 15) is 14.9 Å². The molecule has 0 aliphatic rings. The number of carbonyl (C=O) groups is 1. The fraction of sp³-hybridized carbons (Fsp3) is 0.118. The van der Waals surface area contributed by atoms with E-state index in [2.05, 4.69) is 0 Å². The van der Waals surface area contributed by atoms with Crippen molar-refractivity contribution in [1.29, 1.82) is 0 Å². The molecule has 116 valence electrons. The molecular weight excluding hydrogens is 296 g/mol. The van der Waals surface area contributed by atoms with Gasteiger partial charge in [-0.05, 0) is 23.6 Å². The third kappa shape index (κ3) is 3.06. The van der Waals surface area contributed by atoms with Crippen molar-refractivity contribution in [2.45, 2.75) is 13.0 Å². The molecule has 6 nitrogen and oxygen atoms in total. The third-order valence-electron chi connectivity index (χ3n) is 3.69. The van der Waals surface area contributed by atoms with Crippen LogP contribution in [0.15, 0.2) is 54.7 Å². The molecule has 6 heteroatoms. The number of carboxylic acids is 1. The Hall–Kier alpha value is -3.15. The number of fused-ring (bicyclic) bond motifs is 1. The predicted molar refractivity (Wildman–Crippen MR) is 85.5 cm³/mol. The van der Waals surface area contributed by atoms with Crippen LogP contribution in [0.25, 0.3) is 10.9 Å². The first-order valence-electron chi connectivity index (χ1n) is 7.06. The first-order chi connectivity index (χ1) is 11.0. The summed E-state index contributed by atoms with van der Waals surface area (Å²) in [5.41, 5.74) is 2.66. The van der Waals surface area contributed by atoms with Gasteiger partial charge in [0.25, 0.3) is 5.69 Å². The molecule has 23 heavy (non-hydrogen) atoms. The van der Waals surface area contributed by atoms with Crippen LogP contribution in [-0.4, -0.2) is 20.6 Å². The highest BCUT2D eigenvalue weighted by Gasteiger charge is 2.12. The Labute approximate surface area is 131 Å². The monoisotopic (exact) mass is 310 g/mol. The number of rotatable bonds is 5. The minimum absolute atomic E-state index is 0.0526. The van der Waals surface area contributed by atoms with Crippen LogP contribution < -0.4 is 0 Å². The number of aliphatic carboxylic acids is 1. The minimum atomic E-state index is -0.910. The van der Waals surface area contributed by atoms with Gasteiger partial charge in [-0.25, -0.2) is 0 Å². The van der Waals surface area contributed by atoms with Gasteiger partial charge in [0.2, 0.25) is 0 Å². The summed E-state index contributed by atoms with van der Waals surface area (Å²) in [5.74, 6) is -0.910. The minimum Gasteiger partial charge on any atom is -0.480 e. The van der Waals surface area contributed by atoms with E-state index in [1.54, 1.807) is 22.9 Å². The van der Waals surface area contributed by atoms with Crippen molar-refractivity contribution in [3.05, 3.63) is 76.0 Å². The van der Waals surface area contributed by atoms with E-state index >= 15 is 0 Å². The maximum atomic E-state index is 11.0. The van der Waals surface area contributed by atoms with Gasteiger partial charge in [0, 0.05) is 29.2 Å². The van der Waals surface area contributed by atoms with E-state index in [1.807, 2.05) is 30.3 Å². The lowest BCUT2D eigenvalue weighted by molar-refractivity contribution is -0.384. The second kappa shape index (κ2) is 5.92. The standard InChI is InChI=1S/C17H14N2O4/c20-17(21)11-18-10-13(15-6-1-2-7-16(15)18)8-12-4-3-5-14(9-12)19(22)23/h1-7,9-10H,8,11H2,(H,20,21). The van der Waals surface area contributed by atoms with Gasteiger partial charge >= 0.3 is 5.97 Å². The van der Waals surface area contributed by atoms with Crippen molar-refractivity contribution in [2.24, 2.45) is 0 Å². The Balaban J connectivity index is 2.01. The van der Waals surface area contributed by atoms with Gasteiger partial charge in [0.05, 0.1) is 4.92 Å². The smallest absolute Gasteiger partial charge is 0.323 e. The largest absolute Gasteiger partial charge is 0.480 e. The van der Waals surface area contributed by atoms with Crippen LogP contribution in [0.4, 0.5) is 5.69 Å². The first-order valence-corrected chi connectivity index (χ1v) is 7.06. The topological polar surface area (TPSA) is 85.4 Å². The summed E-state index contributed by atoms with van der Waals surface area (Å²) in [4.78, 5) is 21.5. The Morgan fingerprint density at radius 2 is 1.96 bits per heavy atom. The van der Waals surface area contributed by atoms with Gasteiger partial charge in [-0.15, -0.1) is 0 Å². The molecule has 0 bridgehead atoms. The SMILES string of the molecule is O=C(O)Cn1cc(Cc2cccc([N+](=O)[O-])c2)c2ccccc21. The molecule has 3 rings (SSSR count). The maximum Gasteiger partial charge on any atom is 0.323 e. The zero-order valence-corrected chi connectivity index (χ0v) is 12.2. The Morgan fingerprint density at radius 1 is 1.17 bits per heavy atom. The summed E-state index contributed by atoms with van der Waals surface area (Å²) >= 11 is 0. The number of nitro benzene ring substituents is 1. The lowest BCUT2D eigenvalue weighted by Gasteiger charge is -2.00. The zero-order valence-electron chi connectivity index (χ0n) is 12.2. The van der Waals surface area contributed by atoms with E-state index in [0.717, 1.165) is 22.0 Å². The van der Waals surface area contributed by atoms with Crippen LogP contribution in [0.3, 0.4) is 0 Å². The van der Waals surface area contributed by atoms with Gasteiger partial charge in [-0.3, -0.25) is 14.9 Å². The molecule has 0 unspecified atom stereocenters. The number of nitrogens with zero attached hydrogens (tertiary/aromatic N) is 2. The number of hydrogen-bond donors (Lipinski definition) is 1. The first kappa shape index (κ1) is 14.8. The van der Waals surface area contributed by atoms with E-state index in [4.69, 9.17) is 5.11 Å². The molecule has 0 amide bonds. The number of benzene rings is 2. The van der Waals surface area contributed by atoms with Crippen LogP contribution in [0.1, 0.15) is 11.1 Å². The van der Waals surface area contributed by atoms with Crippen molar-refractivity contribution in [2.75, 3.05) is 0 Å². The highest BCUT2D eigenvalue weighted by molar-refractivity contribution is 5.85. The molecule has 1 N–H and O–H groups in total. The number of nitro groups is 1. The summed E-state index contributed by atoms with van der Waals surface area (Å²) in [5, 5.41) is 20.9. The van der Waals surface area contributed by atoms with Gasteiger partial charge < -0.3 is 9.67 Å². The molecular formula is C17H14N2O4. The van der Waals surface area contributed by atoms with Crippen LogP contribution in [0, 0.1) is 10.1 Å². The predicted octanol–water partition coefficient (Wildman–Crippen LogP) is 3.22.